The van der Waals surface area contributed by atoms with Crippen LogP contribution in [0.2, 0.25) is 0 Å². The van der Waals surface area contributed by atoms with Crippen LogP contribution in [0.3, 0.4) is 0 Å². The summed E-state index contributed by atoms with van der Waals surface area (Å²) in [5, 5.41) is 4.13. The average Bonchev–Trinajstić information content (AvgIpc) is 3.28. The highest BCUT2D eigenvalue weighted by Gasteiger charge is 2.32. The molecular formula is C32H39N3O5S. The third kappa shape index (κ3) is 6.02. The minimum absolute atomic E-state index is 0.291. The summed E-state index contributed by atoms with van der Waals surface area (Å²) in [4.78, 5) is 48.6. The van der Waals surface area contributed by atoms with E-state index in [1.54, 1.807) is 0 Å². The van der Waals surface area contributed by atoms with Gasteiger partial charge in [-0.2, -0.15) is 0 Å². The molecule has 9 heteroatoms. The Morgan fingerprint density at radius 3 is 2.49 bits per heavy atom. The average molecular weight is 578 g/mol. The summed E-state index contributed by atoms with van der Waals surface area (Å²) in [5.41, 5.74) is 4.42. The van der Waals surface area contributed by atoms with Gasteiger partial charge in [0.15, 0.2) is 6.10 Å². The number of anilines is 1. The molecule has 8 nitrogen and oxygen atoms in total. The second kappa shape index (κ2) is 12.7. The lowest BCUT2D eigenvalue weighted by Gasteiger charge is -2.32. The first-order valence-electron chi connectivity index (χ1n) is 14.7. The van der Waals surface area contributed by atoms with E-state index in [0.29, 0.717) is 35.1 Å². The fourth-order valence-electron chi connectivity index (χ4n) is 5.91. The molecular weight excluding hydrogens is 538 g/mol. The number of aryl methyl sites for hydroxylation is 1. The molecule has 2 aliphatic rings. The molecule has 218 valence electrons. The van der Waals surface area contributed by atoms with E-state index in [1.165, 1.54) is 18.4 Å². The lowest BCUT2D eigenvalue weighted by molar-refractivity contribution is -0.124. The smallest absolute Gasteiger partial charge is 0.341 e. The fraction of sp³-hybridized carbons (Fsp3) is 0.500. The number of ether oxygens (including phenoxy) is 2. The van der Waals surface area contributed by atoms with Crippen LogP contribution in [-0.4, -0.2) is 53.5 Å². The van der Waals surface area contributed by atoms with Crippen molar-refractivity contribution in [1.29, 1.82) is 0 Å². The van der Waals surface area contributed by atoms with E-state index in [0.717, 1.165) is 84.1 Å². The summed E-state index contributed by atoms with van der Waals surface area (Å²) in [6, 6.07) is 7.91. The molecule has 3 heterocycles. The highest BCUT2D eigenvalue weighted by atomic mass is 32.1. The van der Waals surface area contributed by atoms with Gasteiger partial charge < -0.3 is 14.8 Å². The molecule has 0 saturated carbocycles. The normalized spacial score (nSPS) is 16.3. The van der Waals surface area contributed by atoms with Crippen LogP contribution >= 0.6 is 11.3 Å². The second-order valence-electron chi connectivity index (χ2n) is 11.1. The molecule has 2 aromatic heterocycles. The summed E-state index contributed by atoms with van der Waals surface area (Å²) >= 11 is 1.44. The number of hydrogen-bond donors (Lipinski definition) is 1. The van der Waals surface area contributed by atoms with Crippen LogP contribution < -0.4 is 5.32 Å². The summed E-state index contributed by atoms with van der Waals surface area (Å²) in [6.07, 6.45) is 5.99. The number of para-hydroxylation sites is 1. The van der Waals surface area contributed by atoms with Crippen LogP contribution in [0.5, 0.6) is 0 Å². The first kappa shape index (κ1) is 29.2. The zero-order valence-electron chi connectivity index (χ0n) is 24.4. The Hall–Kier alpha value is -3.30. The number of methoxy groups -OCH3 is 1. The van der Waals surface area contributed by atoms with Gasteiger partial charge in [0, 0.05) is 47.1 Å². The number of benzene rings is 1. The highest BCUT2D eigenvalue weighted by Crippen LogP contribution is 2.38. The largest absolute Gasteiger partial charge is 0.465 e. The van der Waals surface area contributed by atoms with Crippen molar-refractivity contribution in [1.82, 2.24) is 9.88 Å². The van der Waals surface area contributed by atoms with E-state index < -0.39 is 23.9 Å². The molecule has 3 aromatic rings. The maximum atomic E-state index is 13.9. The van der Waals surface area contributed by atoms with Crippen molar-refractivity contribution in [3.63, 3.8) is 0 Å². The minimum Gasteiger partial charge on any atom is -0.465 e. The molecule has 0 saturated heterocycles. The molecule has 1 unspecified atom stereocenters. The maximum Gasteiger partial charge on any atom is 0.341 e. The Balaban J connectivity index is 1.44. The van der Waals surface area contributed by atoms with Crippen molar-refractivity contribution in [3.05, 3.63) is 57.1 Å². The number of esters is 2. The van der Waals surface area contributed by atoms with Gasteiger partial charge in [0.05, 0.1) is 23.8 Å². The molecule has 0 radical (unpaired) electrons. The van der Waals surface area contributed by atoms with Crippen molar-refractivity contribution < 1.29 is 23.9 Å². The SMILES string of the molecule is CCC(OC(=O)c1c2c(nc3ccccc13)CCN(C(C)C)C2)C(=O)Nc1sc2c(c1C(=O)OC)CCCCCC2. The van der Waals surface area contributed by atoms with Gasteiger partial charge in [-0.1, -0.05) is 38.0 Å². The summed E-state index contributed by atoms with van der Waals surface area (Å²) in [6.45, 7) is 7.57. The Kier molecular flexibility index (Phi) is 9.04. The van der Waals surface area contributed by atoms with Crippen molar-refractivity contribution >= 4 is 45.1 Å². The first-order chi connectivity index (χ1) is 19.8. The van der Waals surface area contributed by atoms with Gasteiger partial charge in [0.2, 0.25) is 0 Å². The standard InChI is InChI=1S/C32H39N3O5S/c1-5-25(29(36)34-30-28(31(37)39-4)21-13-8-6-7-9-15-26(21)41-30)40-32(38)27-20-12-10-11-14-23(20)33-24-16-17-35(19(2)3)18-22(24)27/h10-12,14,19,25H,5-9,13,15-18H2,1-4H3,(H,34,36). The van der Waals surface area contributed by atoms with E-state index in [-0.39, 0.29) is 0 Å². The number of nitrogens with one attached hydrogen (secondary N) is 1. The number of carbonyl (C=O) groups is 3. The Bertz CT molecular complexity index is 1460. The van der Waals surface area contributed by atoms with E-state index in [1.807, 2.05) is 31.2 Å². The Labute approximate surface area is 245 Å². The number of pyridine rings is 1. The molecule has 0 bridgehead atoms. The Morgan fingerprint density at radius 1 is 1.00 bits per heavy atom. The van der Waals surface area contributed by atoms with Crippen LogP contribution in [0.25, 0.3) is 10.9 Å². The van der Waals surface area contributed by atoms with Gasteiger partial charge in [-0.3, -0.25) is 14.7 Å². The van der Waals surface area contributed by atoms with E-state index in [9.17, 15) is 14.4 Å². The summed E-state index contributed by atoms with van der Waals surface area (Å²) in [5.74, 6) is -1.43. The molecule has 1 atom stereocenters. The second-order valence-corrected chi connectivity index (χ2v) is 12.3. The first-order valence-corrected chi connectivity index (χ1v) is 15.5. The van der Waals surface area contributed by atoms with E-state index in [4.69, 9.17) is 14.5 Å². The number of aromatic nitrogens is 1. The number of carbonyl (C=O) groups excluding carboxylic acids is 3. The van der Waals surface area contributed by atoms with Crippen molar-refractivity contribution in [3.8, 4) is 0 Å². The molecule has 1 aliphatic heterocycles. The number of hydrogen-bond acceptors (Lipinski definition) is 8. The molecule has 5 rings (SSSR count). The molecule has 41 heavy (non-hydrogen) atoms. The fourth-order valence-corrected chi connectivity index (χ4v) is 7.19. The van der Waals surface area contributed by atoms with E-state index in [2.05, 4.69) is 24.1 Å². The van der Waals surface area contributed by atoms with Gasteiger partial charge in [-0.05, 0) is 57.6 Å². The van der Waals surface area contributed by atoms with Gasteiger partial charge >= 0.3 is 11.9 Å². The summed E-state index contributed by atoms with van der Waals surface area (Å²) in [7, 11) is 1.36. The Morgan fingerprint density at radius 2 is 1.76 bits per heavy atom. The van der Waals surface area contributed by atoms with Crippen molar-refractivity contribution in [2.45, 2.75) is 90.8 Å². The molecule has 1 aliphatic carbocycles. The zero-order valence-corrected chi connectivity index (χ0v) is 25.2. The van der Waals surface area contributed by atoms with Crippen LogP contribution in [0.15, 0.2) is 24.3 Å². The maximum absolute atomic E-state index is 13.9. The highest BCUT2D eigenvalue weighted by molar-refractivity contribution is 7.17. The predicted molar refractivity (Wildman–Crippen MR) is 161 cm³/mol. The molecule has 1 amide bonds. The number of nitrogens with zero attached hydrogens (tertiary/aromatic N) is 2. The third-order valence-corrected chi connectivity index (χ3v) is 9.43. The van der Waals surface area contributed by atoms with Crippen LogP contribution in [0.4, 0.5) is 5.00 Å². The van der Waals surface area contributed by atoms with Crippen LogP contribution in [0, 0.1) is 0 Å². The third-order valence-electron chi connectivity index (χ3n) is 8.22. The lowest BCUT2D eigenvalue weighted by atomic mass is 9.95. The number of fused-ring (bicyclic) bond motifs is 3. The molecule has 1 N–H and O–H groups in total. The molecule has 0 fully saturated rings. The van der Waals surface area contributed by atoms with Gasteiger partial charge in [-0.25, -0.2) is 9.59 Å². The number of thiophene rings is 1. The topological polar surface area (TPSA) is 97.8 Å². The molecule has 0 spiro atoms. The van der Waals surface area contributed by atoms with Gasteiger partial charge in [0.1, 0.15) is 5.00 Å². The minimum atomic E-state index is -1.02. The molecule has 1 aromatic carbocycles. The monoisotopic (exact) mass is 577 g/mol. The van der Waals surface area contributed by atoms with Gasteiger partial charge in [-0.15, -0.1) is 11.3 Å². The van der Waals surface area contributed by atoms with Gasteiger partial charge in [0.25, 0.3) is 5.91 Å². The summed E-state index contributed by atoms with van der Waals surface area (Å²) < 4.78 is 11.1. The van der Waals surface area contributed by atoms with E-state index >= 15 is 0 Å². The lowest BCUT2D eigenvalue weighted by Crippen LogP contribution is -2.38. The zero-order chi connectivity index (χ0) is 29.1. The van der Waals surface area contributed by atoms with Crippen LogP contribution in [-0.2, 0) is 40.1 Å². The predicted octanol–water partition coefficient (Wildman–Crippen LogP) is 6.08. The van der Waals surface area contributed by atoms with Crippen molar-refractivity contribution in [2.75, 3.05) is 19.0 Å². The van der Waals surface area contributed by atoms with Crippen molar-refractivity contribution in [2.24, 2.45) is 0 Å². The van der Waals surface area contributed by atoms with Crippen LogP contribution in [0.1, 0.15) is 95.3 Å². The quantitative estimate of drug-likeness (QED) is 0.340. The number of amides is 1. The number of rotatable bonds is 7.